The van der Waals surface area contributed by atoms with Crippen molar-refractivity contribution in [2.75, 3.05) is 0 Å². The Hall–Kier alpha value is -1.00. The van der Waals surface area contributed by atoms with Gasteiger partial charge in [-0.2, -0.15) is 13.2 Å². The van der Waals surface area contributed by atoms with E-state index in [1.54, 1.807) is 6.07 Å². The number of halogens is 4. The van der Waals surface area contributed by atoms with E-state index in [4.69, 9.17) is 11.6 Å². The summed E-state index contributed by atoms with van der Waals surface area (Å²) in [5.74, 6) is 0. The van der Waals surface area contributed by atoms with Crippen molar-refractivity contribution in [1.29, 1.82) is 0 Å². The second-order valence-corrected chi connectivity index (χ2v) is 6.21. The van der Waals surface area contributed by atoms with Gasteiger partial charge < -0.3 is 0 Å². The highest BCUT2D eigenvalue weighted by molar-refractivity contribution is 7.12. The first-order chi connectivity index (χ1) is 8.80. The van der Waals surface area contributed by atoms with Gasteiger partial charge in [0.05, 0.1) is 10.9 Å². The van der Waals surface area contributed by atoms with Gasteiger partial charge in [-0.3, -0.25) is 0 Å². The molecule has 2 rings (SSSR count). The van der Waals surface area contributed by atoms with Gasteiger partial charge in [0, 0.05) is 9.75 Å². The molecule has 1 unspecified atom stereocenters. The van der Waals surface area contributed by atoms with E-state index >= 15 is 0 Å². The fraction of sp³-hybridized carbons (Fsp3) is 0.286. The van der Waals surface area contributed by atoms with E-state index in [9.17, 15) is 13.2 Å². The van der Waals surface area contributed by atoms with Crippen LogP contribution >= 0.6 is 22.9 Å². The van der Waals surface area contributed by atoms with Crippen molar-refractivity contribution < 1.29 is 13.2 Å². The van der Waals surface area contributed by atoms with Crippen LogP contribution in [0.4, 0.5) is 13.2 Å². The molecule has 0 aliphatic rings. The third kappa shape index (κ3) is 2.95. The Morgan fingerprint density at radius 2 is 1.74 bits per heavy atom. The lowest BCUT2D eigenvalue weighted by molar-refractivity contribution is -0.138. The molecule has 1 aromatic carbocycles. The van der Waals surface area contributed by atoms with E-state index in [1.807, 2.05) is 19.9 Å². The average molecular weight is 305 g/mol. The molecule has 0 amide bonds. The third-order valence-corrected chi connectivity index (χ3v) is 4.34. The summed E-state index contributed by atoms with van der Waals surface area (Å²) in [5.41, 5.74) is 0.191. The third-order valence-electron chi connectivity index (χ3n) is 2.89. The Morgan fingerprint density at radius 3 is 2.26 bits per heavy atom. The molecule has 0 aliphatic heterocycles. The average Bonchev–Trinajstić information content (AvgIpc) is 2.66. The van der Waals surface area contributed by atoms with Crippen molar-refractivity contribution in [3.8, 4) is 0 Å². The molecular weight excluding hydrogens is 293 g/mol. The molecule has 0 aliphatic carbocycles. The summed E-state index contributed by atoms with van der Waals surface area (Å²) in [6.07, 6.45) is -4.39. The monoisotopic (exact) mass is 304 g/mol. The highest BCUT2D eigenvalue weighted by Crippen LogP contribution is 2.41. The molecule has 19 heavy (non-hydrogen) atoms. The molecule has 0 nitrogen and oxygen atoms in total. The maximum absolute atomic E-state index is 13.0. The molecule has 102 valence electrons. The predicted molar refractivity (Wildman–Crippen MR) is 72.9 cm³/mol. The van der Waals surface area contributed by atoms with Crippen LogP contribution in [0.5, 0.6) is 0 Å². The molecule has 5 heteroatoms. The molecule has 2 aromatic rings. The van der Waals surface area contributed by atoms with Crippen molar-refractivity contribution in [3.63, 3.8) is 0 Å². The molecule has 1 heterocycles. The highest BCUT2D eigenvalue weighted by Gasteiger charge is 2.35. The summed E-state index contributed by atoms with van der Waals surface area (Å²) < 4.78 is 38.9. The lowest BCUT2D eigenvalue weighted by atomic mass is 9.99. The van der Waals surface area contributed by atoms with Gasteiger partial charge in [-0.1, -0.05) is 18.2 Å². The van der Waals surface area contributed by atoms with Gasteiger partial charge in [0.15, 0.2) is 0 Å². The standard InChI is InChI=1S/C14H12ClF3S/c1-8-7-11(9(2)19-8)13(15)10-5-3-4-6-12(10)14(16,17)18/h3-7,13H,1-2H3. The zero-order valence-corrected chi connectivity index (χ0v) is 12.0. The molecule has 0 fully saturated rings. The molecular formula is C14H12ClF3S. The van der Waals surface area contributed by atoms with Gasteiger partial charge in [-0.05, 0) is 37.1 Å². The van der Waals surface area contributed by atoms with Crippen molar-refractivity contribution in [1.82, 2.24) is 0 Å². The van der Waals surface area contributed by atoms with Crippen LogP contribution in [0.15, 0.2) is 30.3 Å². The predicted octanol–water partition coefficient (Wildman–Crippen LogP) is 5.71. The minimum Gasteiger partial charge on any atom is -0.166 e. The lowest BCUT2D eigenvalue weighted by Gasteiger charge is -2.16. The van der Waals surface area contributed by atoms with Crippen molar-refractivity contribution in [2.24, 2.45) is 0 Å². The number of benzene rings is 1. The van der Waals surface area contributed by atoms with E-state index in [2.05, 4.69) is 0 Å². The Morgan fingerprint density at radius 1 is 1.11 bits per heavy atom. The molecule has 1 aromatic heterocycles. The number of alkyl halides is 4. The lowest BCUT2D eigenvalue weighted by Crippen LogP contribution is -2.10. The van der Waals surface area contributed by atoms with Gasteiger partial charge in [-0.25, -0.2) is 0 Å². The molecule has 0 saturated carbocycles. The smallest absolute Gasteiger partial charge is 0.166 e. The van der Waals surface area contributed by atoms with Gasteiger partial charge in [0.1, 0.15) is 0 Å². The summed E-state index contributed by atoms with van der Waals surface area (Å²) in [6, 6.07) is 7.31. The molecule has 0 radical (unpaired) electrons. The Bertz CT molecular complexity index is 587. The first-order valence-electron chi connectivity index (χ1n) is 5.68. The fourth-order valence-electron chi connectivity index (χ4n) is 2.05. The van der Waals surface area contributed by atoms with Crippen LogP contribution in [-0.4, -0.2) is 0 Å². The summed E-state index contributed by atoms with van der Waals surface area (Å²) >= 11 is 7.81. The van der Waals surface area contributed by atoms with Crippen LogP contribution in [0, 0.1) is 13.8 Å². The number of hydrogen-bond acceptors (Lipinski definition) is 1. The van der Waals surface area contributed by atoms with Gasteiger partial charge in [-0.15, -0.1) is 22.9 Å². The summed E-state index contributed by atoms with van der Waals surface area (Å²) in [5, 5.41) is -0.775. The highest BCUT2D eigenvalue weighted by atomic mass is 35.5. The molecule has 0 N–H and O–H groups in total. The number of hydrogen-bond donors (Lipinski definition) is 0. The molecule has 0 saturated heterocycles. The summed E-state index contributed by atoms with van der Waals surface area (Å²) in [6.45, 7) is 3.79. The second kappa shape index (κ2) is 5.17. The van der Waals surface area contributed by atoms with Crippen LogP contribution in [0.1, 0.15) is 31.8 Å². The quantitative estimate of drug-likeness (QED) is 0.623. The second-order valence-electron chi connectivity index (χ2n) is 4.32. The largest absolute Gasteiger partial charge is 0.416 e. The molecule has 0 bridgehead atoms. The van der Waals surface area contributed by atoms with E-state index < -0.39 is 17.1 Å². The van der Waals surface area contributed by atoms with Crippen molar-refractivity contribution in [2.45, 2.75) is 25.4 Å². The molecule has 0 spiro atoms. The van der Waals surface area contributed by atoms with Crippen molar-refractivity contribution in [3.05, 3.63) is 56.8 Å². The first kappa shape index (κ1) is 14.4. The maximum atomic E-state index is 13.0. The number of thiophene rings is 1. The number of aryl methyl sites for hydroxylation is 2. The van der Waals surface area contributed by atoms with E-state index in [-0.39, 0.29) is 5.56 Å². The van der Waals surface area contributed by atoms with E-state index in [0.29, 0.717) is 0 Å². The van der Waals surface area contributed by atoms with Crippen LogP contribution in [-0.2, 0) is 6.18 Å². The van der Waals surface area contributed by atoms with Crippen LogP contribution in [0.25, 0.3) is 0 Å². The minimum absolute atomic E-state index is 0.109. The van der Waals surface area contributed by atoms with Crippen LogP contribution < -0.4 is 0 Å². The van der Waals surface area contributed by atoms with Gasteiger partial charge in [0.2, 0.25) is 0 Å². The maximum Gasteiger partial charge on any atom is 0.416 e. The van der Waals surface area contributed by atoms with Crippen molar-refractivity contribution >= 4 is 22.9 Å². The fourth-order valence-corrected chi connectivity index (χ4v) is 3.49. The minimum atomic E-state index is -4.39. The topological polar surface area (TPSA) is 0 Å². The Balaban J connectivity index is 2.50. The Kier molecular flexibility index (Phi) is 3.92. The van der Waals surface area contributed by atoms with E-state index in [1.165, 1.54) is 23.5 Å². The first-order valence-corrected chi connectivity index (χ1v) is 6.93. The zero-order chi connectivity index (χ0) is 14.2. The number of rotatable bonds is 2. The normalized spacial score (nSPS) is 13.6. The van der Waals surface area contributed by atoms with Crippen LogP contribution in [0.3, 0.4) is 0 Å². The summed E-state index contributed by atoms with van der Waals surface area (Å²) in [7, 11) is 0. The summed E-state index contributed by atoms with van der Waals surface area (Å²) in [4.78, 5) is 2.00. The zero-order valence-electron chi connectivity index (χ0n) is 10.4. The molecule has 1 atom stereocenters. The van der Waals surface area contributed by atoms with E-state index in [0.717, 1.165) is 21.4 Å². The van der Waals surface area contributed by atoms with Crippen LogP contribution in [0.2, 0.25) is 0 Å². The van der Waals surface area contributed by atoms with Gasteiger partial charge >= 0.3 is 6.18 Å². The Labute approximate surface area is 118 Å². The van der Waals surface area contributed by atoms with Gasteiger partial charge in [0.25, 0.3) is 0 Å². The SMILES string of the molecule is Cc1cc(C(Cl)c2ccccc2C(F)(F)F)c(C)s1.